The van der Waals surface area contributed by atoms with E-state index in [1.54, 1.807) is 0 Å². The van der Waals surface area contributed by atoms with E-state index in [-0.39, 0.29) is 42.4 Å². The number of rotatable bonds is 6. The van der Waals surface area contributed by atoms with Gasteiger partial charge in [0.25, 0.3) is 11.6 Å². The molecule has 13 heteroatoms. The fraction of sp³-hybridized carbons (Fsp3) is 0.462. The first-order valence-electron chi connectivity index (χ1n) is 6.94. The first-order valence-corrected chi connectivity index (χ1v) is 7.35. The van der Waals surface area contributed by atoms with E-state index < -0.39 is 58.9 Å². The number of carbonyl (C=O) groups excluding carboxylic acids is 4. The zero-order chi connectivity index (χ0) is 18.9. The third-order valence-corrected chi connectivity index (χ3v) is 4.00. The van der Waals surface area contributed by atoms with Crippen molar-refractivity contribution in [2.45, 2.75) is 24.6 Å². The van der Waals surface area contributed by atoms with Crippen LogP contribution >= 0.6 is 12.2 Å². The van der Waals surface area contributed by atoms with Crippen molar-refractivity contribution in [3.63, 3.8) is 0 Å². The molecule has 10 nitrogen and oxygen atoms in total. The number of hydrogen-bond donors (Lipinski definition) is 2. The van der Waals surface area contributed by atoms with Crippen molar-refractivity contribution in [1.29, 1.82) is 0 Å². The van der Waals surface area contributed by atoms with Crippen LogP contribution in [0.25, 0.3) is 0 Å². The number of nitrogens with one attached hydrogen (secondary N) is 1. The SMILES string of the molecule is C=C(F)C(C(N)=O)C(=S)N[C@H]1CON(C2(C(=O)[O-])CCC(=O)O2)C1=O.[Na+]. The summed E-state index contributed by atoms with van der Waals surface area (Å²) in [4.78, 5) is 50.8. The van der Waals surface area contributed by atoms with Gasteiger partial charge < -0.3 is 25.7 Å². The van der Waals surface area contributed by atoms with E-state index in [1.165, 1.54) is 0 Å². The second kappa shape index (κ2) is 8.39. The first kappa shape index (κ1) is 22.4. The van der Waals surface area contributed by atoms with E-state index in [1.807, 2.05) is 0 Å². The molecule has 0 spiro atoms. The fourth-order valence-electron chi connectivity index (χ4n) is 2.42. The maximum absolute atomic E-state index is 13.3. The molecule has 0 aromatic carbocycles. The Balaban J connectivity index is 0.00000338. The van der Waals surface area contributed by atoms with Crippen molar-refractivity contribution in [2.75, 3.05) is 6.61 Å². The molecule has 3 atom stereocenters. The van der Waals surface area contributed by atoms with Gasteiger partial charge in [-0.2, -0.15) is 5.06 Å². The van der Waals surface area contributed by atoms with Crippen LogP contribution in [0.15, 0.2) is 12.4 Å². The van der Waals surface area contributed by atoms with Crippen molar-refractivity contribution in [3.05, 3.63) is 12.4 Å². The smallest absolute Gasteiger partial charge is 0.544 e. The molecule has 2 aliphatic heterocycles. The number of thiocarbonyl (C=S) groups is 1. The zero-order valence-electron chi connectivity index (χ0n) is 13.7. The summed E-state index contributed by atoms with van der Waals surface area (Å²) < 4.78 is 18.0. The van der Waals surface area contributed by atoms with Gasteiger partial charge in [-0.15, -0.1) is 0 Å². The number of carbonyl (C=O) groups is 4. The Morgan fingerprint density at radius 2 is 2.12 bits per heavy atom. The quantitative estimate of drug-likeness (QED) is 0.254. The van der Waals surface area contributed by atoms with Gasteiger partial charge in [0.15, 0.2) is 0 Å². The van der Waals surface area contributed by atoms with Crippen LogP contribution in [-0.4, -0.2) is 52.2 Å². The molecule has 0 aromatic rings. The summed E-state index contributed by atoms with van der Waals surface area (Å²) in [5.41, 5.74) is 2.62. The van der Waals surface area contributed by atoms with E-state index in [4.69, 9.17) is 27.5 Å². The average Bonchev–Trinajstić information content (AvgIpc) is 3.03. The molecule has 2 saturated heterocycles. The van der Waals surface area contributed by atoms with Crippen LogP contribution in [0.4, 0.5) is 4.39 Å². The third kappa shape index (κ3) is 4.04. The fourth-order valence-corrected chi connectivity index (χ4v) is 2.81. The van der Waals surface area contributed by atoms with Crippen molar-refractivity contribution in [1.82, 2.24) is 10.4 Å². The number of carboxylic acids is 1. The van der Waals surface area contributed by atoms with Gasteiger partial charge >= 0.3 is 35.5 Å². The summed E-state index contributed by atoms with van der Waals surface area (Å²) in [7, 11) is 0. The molecule has 0 radical (unpaired) electrons. The predicted octanol–water partition coefficient (Wildman–Crippen LogP) is -5.58. The average molecular weight is 397 g/mol. The topological polar surface area (TPSA) is 151 Å². The van der Waals surface area contributed by atoms with Gasteiger partial charge in [-0.1, -0.05) is 18.8 Å². The number of halogens is 1. The number of nitrogens with zero attached hydrogens (tertiary/aromatic N) is 1. The molecule has 2 heterocycles. The van der Waals surface area contributed by atoms with Gasteiger partial charge in [0.05, 0.1) is 11.4 Å². The summed E-state index contributed by atoms with van der Waals surface area (Å²) in [5, 5.41) is 14.1. The molecule has 2 fully saturated rings. The molecule has 0 saturated carbocycles. The number of primary amides is 1. The van der Waals surface area contributed by atoms with Crippen LogP contribution < -0.4 is 45.7 Å². The second-order valence-corrected chi connectivity index (χ2v) is 5.76. The van der Waals surface area contributed by atoms with Crippen LogP contribution in [0.3, 0.4) is 0 Å². The Morgan fingerprint density at radius 1 is 1.50 bits per heavy atom. The minimum Gasteiger partial charge on any atom is -0.544 e. The maximum atomic E-state index is 13.3. The van der Waals surface area contributed by atoms with Crippen LogP contribution in [-0.2, 0) is 28.8 Å². The first-order chi connectivity index (χ1) is 11.6. The van der Waals surface area contributed by atoms with E-state index in [2.05, 4.69) is 11.9 Å². The van der Waals surface area contributed by atoms with Crippen LogP contribution in [0.2, 0.25) is 0 Å². The second-order valence-electron chi connectivity index (χ2n) is 5.32. The molecule has 3 N–H and O–H groups in total. The Hall–Kier alpha value is -1.60. The molecule has 0 aromatic heterocycles. The Kier molecular flexibility index (Phi) is 7.24. The molecule has 2 rings (SSSR count). The van der Waals surface area contributed by atoms with Gasteiger partial charge in [-0.3, -0.25) is 19.2 Å². The summed E-state index contributed by atoms with van der Waals surface area (Å²) in [5.74, 6) is -7.52. The minimum absolute atomic E-state index is 0. The number of nitrogens with two attached hydrogens (primary N) is 1. The van der Waals surface area contributed by atoms with Crippen molar-refractivity contribution < 1.29 is 67.8 Å². The van der Waals surface area contributed by atoms with E-state index in [0.29, 0.717) is 5.06 Å². The number of esters is 1. The molecule has 0 bridgehead atoms. The zero-order valence-corrected chi connectivity index (χ0v) is 16.5. The van der Waals surface area contributed by atoms with Gasteiger partial charge in [0, 0.05) is 6.42 Å². The normalized spacial score (nSPS) is 25.9. The number of cyclic esters (lactones) is 1. The largest absolute Gasteiger partial charge is 1.00 e. The molecule has 2 aliphatic rings. The predicted molar refractivity (Wildman–Crippen MR) is 78.3 cm³/mol. The summed E-state index contributed by atoms with van der Waals surface area (Å²) in [6.07, 6.45) is -0.606. The number of ether oxygens (including phenoxy) is 1. The van der Waals surface area contributed by atoms with Crippen LogP contribution in [0.1, 0.15) is 12.8 Å². The van der Waals surface area contributed by atoms with E-state index in [9.17, 15) is 28.7 Å². The summed E-state index contributed by atoms with van der Waals surface area (Å²) in [6, 6.07) is -1.25. The molecule has 26 heavy (non-hydrogen) atoms. The third-order valence-electron chi connectivity index (χ3n) is 3.64. The number of amides is 2. The Morgan fingerprint density at radius 3 is 2.54 bits per heavy atom. The number of aliphatic carboxylic acids is 1. The molecule has 0 aliphatic carbocycles. The van der Waals surface area contributed by atoms with Gasteiger partial charge in [-0.05, 0) is 0 Å². The van der Waals surface area contributed by atoms with Gasteiger partial charge in [0.1, 0.15) is 30.4 Å². The maximum Gasteiger partial charge on any atom is 1.00 e. The summed E-state index contributed by atoms with van der Waals surface area (Å²) in [6.45, 7) is 2.54. The number of hydroxylamine groups is 2. The standard InChI is InChI=1S/C13H14FN3O7S.Na/c1-5(14)8(9(15)19)10(25)16-6-4-23-17(11(6)20)13(12(21)22)3-2-7(18)24-13;/h6,8H,1-4H2,(H2,15,19)(H,16,25)(H,21,22);/q;+1/p-1/t6-,8?,13?;/m0./s1. The van der Waals surface area contributed by atoms with Crippen molar-refractivity contribution in [3.8, 4) is 0 Å². The van der Waals surface area contributed by atoms with Gasteiger partial charge in [0.2, 0.25) is 5.91 Å². The minimum atomic E-state index is -2.39. The number of carboxylic acid groups (broad SMARTS) is 1. The van der Waals surface area contributed by atoms with Crippen LogP contribution in [0, 0.1) is 5.92 Å². The van der Waals surface area contributed by atoms with Crippen molar-refractivity contribution >= 4 is 41.0 Å². The molecular weight excluding hydrogens is 384 g/mol. The van der Waals surface area contributed by atoms with E-state index in [0.717, 1.165) is 0 Å². The Bertz CT molecular complexity index is 677. The van der Waals surface area contributed by atoms with Crippen molar-refractivity contribution in [2.24, 2.45) is 11.7 Å². The molecule has 2 unspecified atom stereocenters. The Labute approximate surface area is 174 Å². The van der Waals surface area contributed by atoms with E-state index >= 15 is 0 Å². The molecular formula is C13H13FN3NaO7S. The monoisotopic (exact) mass is 397 g/mol. The van der Waals surface area contributed by atoms with Crippen LogP contribution in [0.5, 0.6) is 0 Å². The summed E-state index contributed by atoms with van der Waals surface area (Å²) >= 11 is 4.84. The number of hydrogen-bond acceptors (Lipinski definition) is 8. The molecule has 2 amide bonds. The molecule has 136 valence electrons. The van der Waals surface area contributed by atoms with Gasteiger partial charge in [-0.25, -0.2) is 4.39 Å².